The summed E-state index contributed by atoms with van der Waals surface area (Å²) in [4.78, 5) is 39.0. The van der Waals surface area contributed by atoms with E-state index in [1.165, 1.54) is 7.11 Å². The van der Waals surface area contributed by atoms with E-state index < -0.39 is 22.3 Å². The van der Waals surface area contributed by atoms with Crippen molar-refractivity contribution in [2.75, 3.05) is 7.11 Å². The van der Waals surface area contributed by atoms with E-state index in [4.69, 9.17) is 4.74 Å². The lowest BCUT2D eigenvalue weighted by Crippen LogP contribution is -2.67. The Morgan fingerprint density at radius 2 is 1.92 bits per heavy atom. The first-order chi connectivity index (χ1) is 12.1. The summed E-state index contributed by atoms with van der Waals surface area (Å²) in [7, 11) is 1.37. The number of allylic oxidation sites excluding steroid dienone is 1. The molecular weight excluding hydrogens is 332 g/mol. The van der Waals surface area contributed by atoms with E-state index in [9.17, 15) is 19.5 Å². The van der Waals surface area contributed by atoms with E-state index in [1.54, 1.807) is 0 Å². The largest absolute Gasteiger partial charge is 0.469 e. The monoisotopic (exact) mass is 360 g/mol. The number of carbonyl (C=O) groups excluding carboxylic acids is 3. The molecule has 7 unspecified atom stereocenters. The molecule has 7 atom stereocenters. The summed E-state index contributed by atoms with van der Waals surface area (Å²) in [6.45, 7) is 7.79. The average Bonchev–Trinajstić information content (AvgIpc) is 2.82. The van der Waals surface area contributed by atoms with Crippen molar-refractivity contribution in [3.8, 4) is 0 Å². The topological polar surface area (TPSA) is 80.7 Å². The quantitative estimate of drug-likeness (QED) is 0.574. The molecule has 4 aliphatic carbocycles. The fraction of sp³-hybridized carbons (Fsp3) is 0.762. The average molecular weight is 360 g/mol. The Morgan fingerprint density at radius 1 is 1.23 bits per heavy atom. The normalized spacial score (nSPS) is 50.2. The lowest BCUT2D eigenvalue weighted by atomic mass is 9.39. The number of rotatable bonds is 1. The highest BCUT2D eigenvalue weighted by Gasteiger charge is 2.73. The molecule has 0 aromatic heterocycles. The van der Waals surface area contributed by atoms with Crippen LogP contribution in [0.15, 0.2) is 12.2 Å². The maximum Gasteiger partial charge on any atom is 0.311 e. The summed E-state index contributed by atoms with van der Waals surface area (Å²) in [5, 5.41) is 11.2. The van der Waals surface area contributed by atoms with Gasteiger partial charge in [-0.25, -0.2) is 0 Å². The number of aliphatic hydroxyl groups is 1. The zero-order valence-electron chi connectivity index (χ0n) is 15.8. The summed E-state index contributed by atoms with van der Waals surface area (Å²) in [6.07, 6.45) is 2.36. The van der Waals surface area contributed by atoms with Gasteiger partial charge in [-0.1, -0.05) is 13.5 Å². The second-order valence-electron chi connectivity index (χ2n) is 9.34. The third-order valence-electron chi connectivity index (χ3n) is 8.61. The number of ether oxygens (including phenoxy) is 1. The summed E-state index contributed by atoms with van der Waals surface area (Å²) in [5.74, 6) is -0.658. The van der Waals surface area contributed by atoms with Gasteiger partial charge in [0, 0.05) is 11.8 Å². The predicted molar refractivity (Wildman–Crippen MR) is 94.0 cm³/mol. The zero-order valence-corrected chi connectivity index (χ0v) is 15.8. The van der Waals surface area contributed by atoms with E-state index in [0.29, 0.717) is 24.8 Å². The fourth-order valence-corrected chi connectivity index (χ4v) is 7.19. The zero-order chi connectivity index (χ0) is 19.1. The van der Waals surface area contributed by atoms with E-state index in [1.807, 2.05) is 13.8 Å². The maximum atomic E-state index is 13.2. The van der Waals surface area contributed by atoms with Crippen LogP contribution in [-0.2, 0) is 19.1 Å². The molecule has 5 nitrogen and oxygen atoms in total. The van der Waals surface area contributed by atoms with Gasteiger partial charge in [-0.3, -0.25) is 14.4 Å². The van der Waals surface area contributed by atoms with Crippen molar-refractivity contribution in [2.24, 2.45) is 34.0 Å². The summed E-state index contributed by atoms with van der Waals surface area (Å²) >= 11 is 0. The van der Waals surface area contributed by atoms with Gasteiger partial charge in [-0.15, -0.1) is 0 Å². The van der Waals surface area contributed by atoms with E-state index in [0.717, 1.165) is 12.8 Å². The van der Waals surface area contributed by atoms with Crippen molar-refractivity contribution in [2.45, 2.75) is 58.5 Å². The third kappa shape index (κ3) is 1.78. The Kier molecular flexibility index (Phi) is 3.63. The number of aliphatic hydroxyl groups excluding tert-OH is 1. The van der Waals surface area contributed by atoms with Crippen LogP contribution in [0.5, 0.6) is 0 Å². The molecular formula is C21H28O5. The Hall–Kier alpha value is -1.49. The van der Waals surface area contributed by atoms with Crippen LogP contribution >= 0.6 is 0 Å². The molecule has 0 saturated heterocycles. The van der Waals surface area contributed by atoms with Gasteiger partial charge in [-0.2, -0.15) is 0 Å². The SMILES string of the molecule is C=C1C(=O)C23CC1CCC2C1(C)C(=O)CCC(C)(C(=O)OC)C1CC3O. The van der Waals surface area contributed by atoms with E-state index in [2.05, 4.69) is 6.58 Å². The standard InChI is InChI=1S/C21H28O5/c1-11-12-5-6-13-20(3)14(9-16(23)21(13,10-12)17(11)24)19(2,18(25)26-4)8-7-15(20)22/h12-14,16,23H,1,5-10H2,2-4H3. The Balaban J connectivity index is 1.87. The first kappa shape index (κ1) is 17.9. The third-order valence-corrected chi connectivity index (χ3v) is 8.61. The first-order valence-corrected chi connectivity index (χ1v) is 9.67. The molecule has 4 aliphatic rings. The van der Waals surface area contributed by atoms with E-state index in [-0.39, 0.29) is 41.7 Å². The molecule has 2 bridgehead atoms. The molecule has 4 rings (SSSR count). The fourth-order valence-electron chi connectivity index (χ4n) is 7.19. The van der Waals surface area contributed by atoms with Crippen LogP contribution in [0.1, 0.15) is 52.4 Å². The molecule has 0 aromatic carbocycles. The molecule has 0 amide bonds. The molecule has 26 heavy (non-hydrogen) atoms. The Morgan fingerprint density at radius 3 is 2.58 bits per heavy atom. The molecule has 1 spiro atoms. The van der Waals surface area contributed by atoms with Gasteiger partial charge in [-0.05, 0) is 62.4 Å². The van der Waals surface area contributed by atoms with Gasteiger partial charge < -0.3 is 9.84 Å². The minimum atomic E-state index is -0.894. The predicted octanol–water partition coefficient (Wildman–Crippen LogP) is 2.46. The Bertz CT molecular complexity index is 726. The molecule has 0 aromatic rings. The van der Waals surface area contributed by atoms with Crippen LogP contribution in [0.2, 0.25) is 0 Å². The second-order valence-corrected chi connectivity index (χ2v) is 9.34. The van der Waals surface area contributed by atoms with E-state index >= 15 is 0 Å². The van der Waals surface area contributed by atoms with Crippen LogP contribution in [-0.4, -0.2) is 35.9 Å². The van der Waals surface area contributed by atoms with Gasteiger partial charge >= 0.3 is 5.97 Å². The number of esters is 1. The van der Waals surface area contributed by atoms with Crippen LogP contribution in [0.3, 0.4) is 0 Å². The minimum absolute atomic E-state index is 0.0460. The summed E-state index contributed by atoms with van der Waals surface area (Å²) in [5.41, 5.74) is -1.87. The second kappa shape index (κ2) is 5.28. The number of hydrogen-bond acceptors (Lipinski definition) is 5. The van der Waals surface area contributed by atoms with Crippen molar-refractivity contribution < 1.29 is 24.2 Å². The number of ketones is 2. The smallest absolute Gasteiger partial charge is 0.311 e. The summed E-state index contributed by atoms with van der Waals surface area (Å²) in [6, 6.07) is 0. The van der Waals surface area contributed by atoms with Crippen molar-refractivity contribution in [1.82, 2.24) is 0 Å². The Labute approximate surface area is 154 Å². The number of hydrogen-bond donors (Lipinski definition) is 1. The van der Waals surface area contributed by atoms with Gasteiger partial charge in [0.1, 0.15) is 5.78 Å². The van der Waals surface area contributed by atoms with Gasteiger partial charge in [0.05, 0.1) is 24.0 Å². The molecule has 4 saturated carbocycles. The molecule has 142 valence electrons. The molecule has 0 radical (unpaired) electrons. The number of methoxy groups -OCH3 is 1. The lowest BCUT2D eigenvalue weighted by molar-refractivity contribution is -0.205. The van der Waals surface area contributed by atoms with Gasteiger partial charge in [0.2, 0.25) is 0 Å². The number of carbonyl (C=O) groups is 3. The molecule has 0 heterocycles. The van der Waals surface area contributed by atoms with Crippen LogP contribution in [0, 0.1) is 34.0 Å². The lowest BCUT2D eigenvalue weighted by Gasteiger charge is -2.62. The summed E-state index contributed by atoms with van der Waals surface area (Å²) < 4.78 is 5.08. The molecule has 1 N–H and O–H groups in total. The first-order valence-electron chi connectivity index (χ1n) is 9.67. The number of Topliss-reactive ketones (excluding diaryl/α,β-unsaturated/α-hetero) is 2. The molecule has 4 fully saturated rings. The van der Waals surface area contributed by atoms with Crippen molar-refractivity contribution >= 4 is 17.5 Å². The highest BCUT2D eigenvalue weighted by Crippen LogP contribution is 2.70. The number of fused-ring (bicyclic) bond motifs is 3. The highest BCUT2D eigenvalue weighted by molar-refractivity contribution is 6.04. The van der Waals surface area contributed by atoms with Gasteiger partial charge in [0.25, 0.3) is 0 Å². The van der Waals surface area contributed by atoms with Crippen LogP contribution in [0.25, 0.3) is 0 Å². The minimum Gasteiger partial charge on any atom is -0.469 e. The highest BCUT2D eigenvalue weighted by atomic mass is 16.5. The maximum absolute atomic E-state index is 13.2. The van der Waals surface area contributed by atoms with Crippen LogP contribution in [0.4, 0.5) is 0 Å². The van der Waals surface area contributed by atoms with Gasteiger partial charge in [0.15, 0.2) is 5.78 Å². The molecule has 5 heteroatoms. The molecule has 0 aliphatic heterocycles. The van der Waals surface area contributed by atoms with Crippen molar-refractivity contribution in [3.05, 3.63) is 12.2 Å². The van der Waals surface area contributed by atoms with Crippen LogP contribution < -0.4 is 0 Å². The van der Waals surface area contributed by atoms with Crippen molar-refractivity contribution in [1.29, 1.82) is 0 Å². The van der Waals surface area contributed by atoms with Crippen molar-refractivity contribution in [3.63, 3.8) is 0 Å².